The van der Waals surface area contributed by atoms with Crippen LogP contribution in [0.25, 0.3) is 0 Å². The highest BCUT2D eigenvalue weighted by atomic mass is 16.5. The normalized spacial score (nSPS) is 10.9. The summed E-state index contributed by atoms with van der Waals surface area (Å²) in [7, 11) is 0. The van der Waals surface area contributed by atoms with Crippen LogP contribution in [-0.4, -0.2) is 21.4 Å². The first kappa shape index (κ1) is 18.4. The average Bonchev–Trinajstić information content (AvgIpc) is 2.63. The fraction of sp³-hybridized carbons (Fsp3) is 0.190. The van der Waals surface area contributed by atoms with Gasteiger partial charge in [-0.15, -0.1) is 0 Å². The van der Waals surface area contributed by atoms with Crippen LogP contribution in [0.15, 0.2) is 67.0 Å². The molecule has 1 aromatic heterocycles. The molecule has 0 spiro atoms. The van der Waals surface area contributed by atoms with Gasteiger partial charge in [-0.2, -0.15) is 0 Å². The Morgan fingerprint density at radius 3 is 2.26 bits per heavy atom. The lowest BCUT2D eigenvalue weighted by atomic mass is 10.1. The molecule has 0 bridgehead atoms. The lowest BCUT2D eigenvalue weighted by Gasteiger charge is -2.20. The third-order valence-corrected chi connectivity index (χ3v) is 3.49. The van der Waals surface area contributed by atoms with Crippen LogP contribution in [-0.2, 0) is 0 Å². The molecule has 0 atom stereocenters. The molecule has 0 aliphatic rings. The van der Waals surface area contributed by atoms with Gasteiger partial charge in [0.15, 0.2) is 0 Å². The number of amides is 1. The Kier molecular flexibility index (Phi) is 5.35. The number of nitrogens with zero attached hydrogens (tertiary/aromatic N) is 2. The van der Waals surface area contributed by atoms with Crippen molar-refractivity contribution >= 4 is 17.4 Å². The number of ether oxygens (including phenoxy) is 1. The number of hydrogen-bond acceptors (Lipinski definition) is 5. The van der Waals surface area contributed by atoms with Crippen molar-refractivity contribution in [3.63, 3.8) is 0 Å². The molecule has 0 unspecified atom stereocenters. The number of carbonyl (C=O) groups is 1. The van der Waals surface area contributed by atoms with Gasteiger partial charge in [-0.25, -0.2) is 9.97 Å². The highest BCUT2D eigenvalue weighted by molar-refractivity contribution is 5.93. The second-order valence-corrected chi connectivity index (χ2v) is 7.06. The Morgan fingerprint density at radius 1 is 0.926 bits per heavy atom. The predicted molar refractivity (Wildman–Crippen MR) is 105 cm³/mol. The van der Waals surface area contributed by atoms with E-state index in [1.165, 1.54) is 6.33 Å². The first-order chi connectivity index (χ1) is 12.9. The monoisotopic (exact) mass is 362 g/mol. The maximum Gasteiger partial charge on any atom is 0.270 e. The molecule has 0 aliphatic carbocycles. The van der Waals surface area contributed by atoms with E-state index in [2.05, 4.69) is 20.6 Å². The fourth-order valence-corrected chi connectivity index (χ4v) is 2.33. The standard InChI is InChI=1S/C21H22N4O2/c1-21(2,3)25-20(26)18-13-19(23-14-22-18)24-15-9-11-17(12-10-15)27-16-7-5-4-6-8-16/h4-14H,1-3H3,(H,25,26)(H,22,23,24). The van der Waals surface area contributed by atoms with Crippen LogP contribution in [0.1, 0.15) is 31.3 Å². The Morgan fingerprint density at radius 2 is 1.59 bits per heavy atom. The van der Waals surface area contributed by atoms with E-state index >= 15 is 0 Å². The third-order valence-electron chi connectivity index (χ3n) is 3.49. The van der Waals surface area contributed by atoms with E-state index < -0.39 is 0 Å². The number of nitrogens with one attached hydrogen (secondary N) is 2. The summed E-state index contributed by atoms with van der Waals surface area (Å²) in [5.74, 6) is 1.82. The van der Waals surface area contributed by atoms with Crippen LogP contribution >= 0.6 is 0 Å². The summed E-state index contributed by atoms with van der Waals surface area (Å²) in [4.78, 5) is 20.5. The van der Waals surface area contributed by atoms with Crippen molar-refractivity contribution in [2.75, 3.05) is 5.32 Å². The van der Waals surface area contributed by atoms with Gasteiger partial charge in [0.25, 0.3) is 5.91 Å². The van der Waals surface area contributed by atoms with Gasteiger partial charge in [0.05, 0.1) is 0 Å². The van der Waals surface area contributed by atoms with Gasteiger partial charge in [0, 0.05) is 17.3 Å². The second-order valence-electron chi connectivity index (χ2n) is 7.06. The van der Waals surface area contributed by atoms with Crippen LogP contribution in [0.3, 0.4) is 0 Å². The maximum atomic E-state index is 12.2. The number of hydrogen-bond donors (Lipinski definition) is 2. The van der Waals surface area contributed by atoms with E-state index in [0.717, 1.165) is 17.2 Å². The Balaban J connectivity index is 1.67. The zero-order chi connectivity index (χ0) is 19.3. The summed E-state index contributed by atoms with van der Waals surface area (Å²) < 4.78 is 5.77. The van der Waals surface area contributed by atoms with E-state index in [4.69, 9.17) is 4.74 Å². The molecular weight excluding hydrogens is 340 g/mol. The van der Waals surface area contributed by atoms with Gasteiger partial charge in [0.1, 0.15) is 29.3 Å². The van der Waals surface area contributed by atoms with Crippen LogP contribution in [0, 0.1) is 0 Å². The topological polar surface area (TPSA) is 76.1 Å². The lowest BCUT2D eigenvalue weighted by molar-refractivity contribution is 0.0914. The number of benzene rings is 2. The first-order valence-corrected chi connectivity index (χ1v) is 8.64. The number of rotatable bonds is 5. The second kappa shape index (κ2) is 7.86. The number of para-hydroxylation sites is 1. The first-order valence-electron chi connectivity index (χ1n) is 8.64. The minimum atomic E-state index is -0.329. The summed E-state index contributed by atoms with van der Waals surface area (Å²) in [6.07, 6.45) is 1.37. The van der Waals surface area contributed by atoms with Gasteiger partial charge in [0.2, 0.25) is 0 Å². The Hall–Kier alpha value is -3.41. The third kappa shape index (κ3) is 5.54. The molecule has 2 N–H and O–H groups in total. The largest absolute Gasteiger partial charge is 0.457 e. The summed E-state index contributed by atoms with van der Waals surface area (Å²) in [6.45, 7) is 5.76. The zero-order valence-electron chi connectivity index (χ0n) is 15.6. The van der Waals surface area contributed by atoms with Crippen LogP contribution in [0.2, 0.25) is 0 Å². The average molecular weight is 362 g/mol. The van der Waals surface area contributed by atoms with Gasteiger partial charge in [-0.3, -0.25) is 4.79 Å². The summed E-state index contributed by atoms with van der Waals surface area (Å²) in [5.41, 5.74) is 0.812. The Labute approximate surface area is 158 Å². The molecule has 138 valence electrons. The van der Waals surface area contributed by atoms with Crippen molar-refractivity contribution in [2.24, 2.45) is 0 Å². The summed E-state index contributed by atoms with van der Waals surface area (Å²) in [6, 6.07) is 18.7. The van der Waals surface area contributed by atoms with E-state index in [9.17, 15) is 4.79 Å². The van der Waals surface area contributed by atoms with Crippen LogP contribution in [0.4, 0.5) is 11.5 Å². The van der Waals surface area contributed by atoms with Crippen molar-refractivity contribution < 1.29 is 9.53 Å². The zero-order valence-corrected chi connectivity index (χ0v) is 15.6. The molecule has 0 saturated heterocycles. The number of anilines is 2. The molecule has 2 aromatic carbocycles. The molecule has 0 aliphatic heterocycles. The molecular formula is C21H22N4O2. The van der Waals surface area contributed by atoms with Gasteiger partial charge >= 0.3 is 0 Å². The minimum absolute atomic E-state index is 0.237. The smallest absolute Gasteiger partial charge is 0.270 e. The summed E-state index contributed by atoms with van der Waals surface area (Å²) in [5, 5.41) is 6.05. The van der Waals surface area contributed by atoms with Crippen LogP contribution < -0.4 is 15.4 Å². The molecule has 0 radical (unpaired) electrons. The van der Waals surface area contributed by atoms with E-state index in [1.54, 1.807) is 6.07 Å². The van der Waals surface area contributed by atoms with Gasteiger partial charge in [-0.05, 0) is 57.2 Å². The molecule has 27 heavy (non-hydrogen) atoms. The highest BCUT2D eigenvalue weighted by Gasteiger charge is 2.16. The SMILES string of the molecule is CC(C)(C)NC(=O)c1cc(Nc2ccc(Oc3ccccc3)cc2)ncn1. The van der Waals surface area contributed by atoms with Crippen molar-refractivity contribution in [1.29, 1.82) is 0 Å². The molecule has 1 amide bonds. The molecule has 1 heterocycles. The fourth-order valence-electron chi connectivity index (χ4n) is 2.33. The Bertz CT molecular complexity index is 903. The molecule has 3 rings (SSSR count). The predicted octanol–water partition coefficient (Wildman–Crippen LogP) is 4.54. The summed E-state index contributed by atoms with van der Waals surface area (Å²) >= 11 is 0. The highest BCUT2D eigenvalue weighted by Crippen LogP contribution is 2.24. The molecule has 6 nitrogen and oxygen atoms in total. The van der Waals surface area contributed by atoms with E-state index in [1.807, 2.05) is 75.4 Å². The number of carbonyl (C=O) groups excluding carboxylic acids is 1. The van der Waals surface area contributed by atoms with Crippen molar-refractivity contribution in [1.82, 2.24) is 15.3 Å². The van der Waals surface area contributed by atoms with E-state index in [-0.39, 0.29) is 11.4 Å². The molecule has 3 aromatic rings. The lowest BCUT2D eigenvalue weighted by Crippen LogP contribution is -2.40. The van der Waals surface area contributed by atoms with E-state index in [0.29, 0.717) is 11.5 Å². The molecule has 0 fully saturated rings. The minimum Gasteiger partial charge on any atom is -0.457 e. The van der Waals surface area contributed by atoms with Crippen LogP contribution in [0.5, 0.6) is 11.5 Å². The van der Waals surface area contributed by atoms with Crippen molar-refractivity contribution in [2.45, 2.75) is 26.3 Å². The van der Waals surface area contributed by atoms with Crippen molar-refractivity contribution in [3.8, 4) is 11.5 Å². The molecule has 0 saturated carbocycles. The van der Waals surface area contributed by atoms with Gasteiger partial charge < -0.3 is 15.4 Å². The quantitative estimate of drug-likeness (QED) is 0.697. The van der Waals surface area contributed by atoms with Gasteiger partial charge in [-0.1, -0.05) is 18.2 Å². The number of aromatic nitrogens is 2. The van der Waals surface area contributed by atoms with Crippen molar-refractivity contribution in [3.05, 3.63) is 72.7 Å². The maximum absolute atomic E-state index is 12.2. The molecule has 6 heteroatoms.